The molecule has 1 saturated heterocycles. The summed E-state index contributed by atoms with van der Waals surface area (Å²) in [5.41, 5.74) is 0.632. The number of urea groups is 1. The van der Waals surface area contributed by atoms with Gasteiger partial charge in [0.15, 0.2) is 11.5 Å². The summed E-state index contributed by atoms with van der Waals surface area (Å²) in [4.78, 5) is 26.7. The van der Waals surface area contributed by atoms with E-state index in [1.54, 1.807) is 47.4 Å². The number of hydrogen-bond acceptors (Lipinski definition) is 5. The molecule has 1 fully saturated rings. The maximum absolute atomic E-state index is 12.6. The third-order valence-electron chi connectivity index (χ3n) is 4.93. The van der Waals surface area contributed by atoms with Gasteiger partial charge in [0, 0.05) is 23.3 Å². The normalized spacial score (nSPS) is 17.0. The van der Waals surface area contributed by atoms with Crippen LogP contribution in [0.4, 0.5) is 10.5 Å². The van der Waals surface area contributed by atoms with Gasteiger partial charge in [-0.15, -0.1) is 0 Å². The van der Waals surface area contributed by atoms with E-state index in [9.17, 15) is 9.59 Å². The lowest BCUT2D eigenvalue weighted by atomic mass is 10.2. The predicted molar refractivity (Wildman–Crippen MR) is 111 cm³/mol. The zero-order valence-electron chi connectivity index (χ0n) is 16.2. The molecule has 0 aromatic heterocycles. The van der Waals surface area contributed by atoms with Crippen molar-refractivity contribution in [2.75, 3.05) is 31.8 Å². The van der Waals surface area contributed by atoms with E-state index in [1.807, 2.05) is 0 Å². The molecule has 0 radical (unpaired) electrons. The number of nitrogens with one attached hydrogen (secondary N) is 2. The minimum atomic E-state index is -0.497. The van der Waals surface area contributed by atoms with Crippen molar-refractivity contribution in [2.45, 2.75) is 18.9 Å². The second kappa shape index (κ2) is 9.13. The van der Waals surface area contributed by atoms with Crippen molar-refractivity contribution in [1.82, 2.24) is 10.2 Å². The molecule has 158 valence electrons. The first kappa shape index (κ1) is 20.2. The lowest BCUT2D eigenvalue weighted by molar-refractivity contribution is -0.124. The van der Waals surface area contributed by atoms with Gasteiger partial charge in [0.2, 0.25) is 12.7 Å². The van der Waals surface area contributed by atoms with Gasteiger partial charge < -0.3 is 29.7 Å². The molecule has 0 aliphatic carbocycles. The van der Waals surface area contributed by atoms with Crippen molar-refractivity contribution in [3.05, 3.63) is 47.5 Å². The van der Waals surface area contributed by atoms with Crippen LogP contribution in [0.5, 0.6) is 17.2 Å². The molecule has 2 aromatic rings. The molecule has 0 bridgehead atoms. The number of carbonyl (C=O) groups excluding carboxylic acids is 2. The number of rotatable bonds is 6. The fraction of sp³-hybridized carbons (Fsp3) is 0.333. The molecule has 3 amide bonds. The van der Waals surface area contributed by atoms with E-state index in [4.69, 9.17) is 25.8 Å². The van der Waals surface area contributed by atoms with Gasteiger partial charge in [-0.3, -0.25) is 4.79 Å². The van der Waals surface area contributed by atoms with Crippen LogP contribution in [0.2, 0.25) is 5.02 Å². The highest BCUT2D eigenvalue weighted by molar-refractivity contribution is 6.30. The monoisotopic (exact) mass is 431 g/mol. The highest BCUT2D eigenvalue weighted by atomic mass is 35.5. The summed E-state index contributed by atoms with van der Waals surface area (Å²) in [7, 11) is 0. The molecule has 8 nitrogen and oxygen atoms in total. The van der Waals surface area contributed by atoms with E-state index in [0.29, 0.717) is 54.1 Å². The van der Waals surface area contributed by atoms with Crippen LogP contribution in [0.15, 0.2) is 42.5 Å². The quantitative estimate of drug-likeness (QED) is 0.685. The van der Waals surface area contributed by atoms with Gasteiger partial charge in [-0.2, -0.15) is 0 Å². The second-order valence-corrected chi connectivity index (χ2v) is 7.38. The number of benzene rings is 2. The molecule has 0 unspecified atom stereocenters. The number of likely N-dealkylation sites (tertiary alicyclic amines) is 1. The van der Waals surface area contributed by atoms with E-state index in [1.165, 1.54) is 0 Å². The Morgan fingerprint density at radius 3 is 2.77 bits per heavy atom. The average Bonchev–Trinajstić information content (AvgIpc) is 3.42. The zero-order chi connectivity index (χ0) is 20.9. The lowest BCUT2D eigenvalue weighted by Crippen LogP contribution is -2.48. The van der Waals surface area contributed by atoms with E-state index in [2.05, 4.69) is 10.6 Å². The molecule has 30 heavy (non-hydrogen) atoms. The fourth-order valence-electron chi connectivity index (χ4n) is 3.44. The van der Waals surface area contributed by atoms with Crippen molar-refractivity contribution >= 4 is 29.2 Å². The Labute approximate surface area is 179 Å². The van der Waals surface area contributed by atoms with Crippen molar-refractivity contribution in [3.63, 3.8) is 0 Å². The number of hydrogen-bond donors (Lipinski definition) is 2. The van der Waals surface area contributed by atoms with Crippen LogP contribution in [-0.4, -0.2) is 49.4 Å². The summed E-state index contributed by atoms with van der Waals surface area (Å²) in [6.07, 6.45) is 1.41. The highest BCUT2D eigenvalue weighted by Crippen LogP contribution is 2.35. The Bertz CT molecular complexity index is 921. The van der Waals surface area contributed by atoms with Crippen LogP contribution in [0.25, 0.3) is 0 Å². The van der Waals surface area contributed by atoms with Crippen LogP contribution in [0, 0.1) is 0 Å². The molecule has 2 heterocycles. The molecular formula is C21H22ClN3O5. The maximum atomic E-state index is 12.6. The summed E-state index contributed by atoms with van der Waals surface area (Å²) < 4.78 is 16.2. The first-order valence-electron chi connectivity index (χ1n) is 9.73. The third kappa shape index (κ3) is 4.71. The van der Waals surface area contributed by atoms with Gasteiger partial charge >= 0.3 is 6.03 Å². The standard InChI is InChI=1S/C21H22ClN3O5/c22-14-3-5-15(6-4-14)24-21(27)25-10-1-2-17(25)20(26)23-9-11-28-16-7-8-18-19(12-16)30-13-29-18/h3-8,12,17H,1-2,9-11,13H2,(H,23,26)(H,24,27)/t17-/m1/s1. The molecule has 2 aliphatic heterocycles. The molecule has 2 aromatic carbocycles. The Kier molecular flexibility index (Phi) is 6.13. The largest absolute Gasteiger partial charge is 0.492 e. The summed E-state index contributed by atoms with van der Waals surface area (Å²) in [6.45, 7) is 1.37. The Morgan fingerprint density at radius 1 is 1.13 bits per heavy atom. The SMILES string of the molecule is O=C(NCCOc1ccc2c(c1)OCO2)[C@H]1CCCN1C(=O)Nc1ccc(Cl)cc1. The summed E-state index contributed by atoms with van der Waals surface area (Å²) >= 11 is 5.87. The summed E-state index contributed by atoms with van der Waals surface area (Å²) in [5.74, 6) is 1.78. The van der Waals surface area contributed by atoms with Crippen LogP contribution < -0.4 is 24.8 Å². The fourth-order valence-corrected chi connectivity index (χ4v) is 3.56. The topological polar surface area (TPSA) is 89.1 Å². The Morgan fingerprint density at radius 2 is 1.93 bits per heavy atom. The molecule has 0 spiro atoms. The van der Waals surface area contributed by atoms with E-state index < -0.39 is 6.04 Å². The maximum Gasteiger partial charge on any atom is 0.322 e. The predicted octanol–water partition coefficient (Wildman–Crippen LogP) is 3.26. The number of ether oxygens (including phenoxy) is 3. The molecule has 4 rings (SSSR count). The smallest absolute Gasteiger partial charge is 0.322 e. The van der Waals surface area contributed by atoms with Gasteiger partial charge in [0.1, 0.15) is 18.4 Å². The highest BCUT2D eigenvalue weighted by Gasteiger charge is 2.34. The molecule has 1 atom stereocenters. The van der Waals surface area contributed by atoms with Gasteiger partial charge in [0.05, 0.1) is 6.54 Å². The number of halogens is 1. The van der Waals surface area contributed by atoms with Gasteiger partial charge in [0.25, 0.3) is 0 Å². The van der Waals surface area contributed by atoms with Crippen LogP contribution in [-0.2, 0) is 4.79 Å². The second-order valence-electron chi connectivity index (χ2n) is 6.94. The van der Waals surface area contributed by atoms with E-state index in [0.717, 1.165) is 6.42 Å². The average molecular weight is 432 g/mol. The van der Waals surface area contributed by atoms with Crippen molar-refractivity contribution in [1.29, 1.82) is 0 Å². The summed E-state index contributed by atoms with van der Waals surface area (Å²) in [5, 5.41) is 6.24. The molecule has 9 heteroatoms. The number of carbonyl (C=O) groups is 2. The number of amides is 3. The van der Waals surface area contributed by atoms with Crippen LogP contribution in [0.1, 0.15) is 12.8 Å². The molecular weight excluding hydrogens is 410 g/mol. The number of nitrogens with zero attached hydrogens (tertiary/aromatic N) is 1. The minimum absolute atomic E-state index is 0.187. The Hall–Kier alpha value is -3.13. The molecule has 2 aliphatic rings. The van der Waals surface area contributed by atoms with E-state index >= 15 is 0 Å². The van der Waals surface area contributed by atoms with Crippen molar-refractivity contribution < 1.29 is 23.8 Å². The first-order chi connectivity index (χ1) is 14.6. The van der Waals surface area contributed by atoms with Gasteiger partial charge in [-0.25, -0.2) is 4.79 Å². The van der Waals surface area contributed by atoms with Gasteiger partial charge in [-0.1, -0.05) is 11.6 Å². The number of anilines is 1. The number of fused-ring (bicyclic) bond motifs is 1. The summed E-state index contributed by atoms with van der Waals surface area (Å²) in [6, 6.07) is 11.4. The van der Waals surface area contributed by atoms with Crippen LogP contribution >= 0.6 is 11.6 Å². The third-order valence-corrected chi connectivity index (χ3v) is 5.18. The molecule has 2 N–H and O–H groups in total. The molecule has 0 saturated carbocycles. The lowest BCUT2D eigenvalue weighted by Gasteiger charge is -2.24. The van der Waals surface area contributed by atoms with E-state index in [-0.39, 0.29) is 18.7 Å². The van der Waals surface area contributed by atoms with Crippen LogP contribution in [0.3, 0.4) is 0 Å². The van der Waals surface area contributed by atoms with Crippen molar-refractivity contribution in [2.24, 2.45) is 0 Å². The minimum Gasteiger partial charge on any atom is -0.492 e. The zero-order valence-corrected chi connectivity index (χ0v) is 17.0. The van der Waals surface area contributed by atoms with Crippen molar-refractivity contribution in [3.8, 4) is 17.2 Å². The Balaban J connectivity index is 1.24. The van der Waals surface area contributed by atoms with Gasteiger partial charge in [-0.05, 0) is 49.2 Å². The first-order valence-corrected chi connectivity index (χ1v) is 10.1.